The molecule has 0 atom stereocenters. The molecule has 0 saturated carbocycles. The van der Waals surface area contributed by atoms with Gasteiger partial charge in [-0.2, -0.15) is 5.10 Å². The van der Waals surface area contributed by atoms with Crippen LogP contribution in [0.4, 0.5) is 5.69 Å². The maximum atomic E-state index is 12.0. The number of hydrogen-bond acceptors (Lipinski definition) is 5. The first-order valence-electron chi connectivity index (χ1n) is 7.47. The molecule has 1 aromatic heterocycles. The first-order chi connectivity index (χ1) is 12.5. The summed E-state index contributed by atoms with van der Waals surface area (Å²) in [7, 11) is 0. The lowest BCUT2D eigenvalue weighted by molar-refractivity contribution is -0.384. The van der Waals surface area contributed by atoms with Gasteiger partial charge in [-0.15, -0.1) is 0 Å². The van der Waals surface area contributed by atoms with E-state index >= 15 is 0 Å². The van der Waals surface area contributed by atoms with Crippen LogP contribution in [0.15, 0.2) is 74.7 Å². The van der Waals surface area contributed by atoms with Crippen LogP contribution in [0.3, 0.4) is 0 Å². The van der Waals surface area contributed by atoms with Crippen molar-refractivity contribution in [3.8, 4) is 11.3 Å². The van der Waals surface area contributed by atoms with Gasteiger partial charge in [0.1, 0.15) is 11.5 Å². The second kappa shape index (κ2) is 7.75. The van der Waals surface area contributed by atoms with Gasteiger partial charge in [0.25, 0.3) is 11.6 Å². The van der Waals surface area contributed by atoms with Crippen LogP contribution in [0.2, 0.25) is 0 Å². The summed E-state index contributed by atoms with van der Waals surface area (Å²) in [5, 5.41) is 14.6. The molecule has 0 aliphatic rings. The van der Waals surface area contributed by atoms with Gasteiger partial charge in [-0.3, -0.25) is 14.9 Å². The fourth-order valence-corrected chi connectivity index (χ4v) is 2.65. The van der Waals surface area contributed by atoms with E-state index in [1.165, 1.54) is 18.3 Å². The van der Waals surface area contributed by atoms with Gasteiger partial charge in [0, 0.05) is 22.2 Å². The summed E-state index contributed by atoms with van der Waals surface area (Å²) in [6.07, 6.45) is 1.38. The van der Waals surface area contributed by atoms with Gasteiger partial charge >= 0.3 is 0 Å². The Balaban J connectivity index is 1.66. The van der Waals surface area contributed by atoms with Gasteiger partial charge in [-0.05, 0) is 52.3 Å². The Morgan fingerprint density at radius 2 is 1.85 bits per heavy atom. The Kier molecular flexibility index (Phi) is 5.23. The molecular formula is C18H12BrN3O4. The molecule has 0 fully saturated rings. The number of amides is 1. The molecular weight excluding hydrogens is 402 g/mol. The van der Waals surface area contributed by atoms with Crippen molar-refractivity contribution >= 4 is 33.7 Å². The molecule has 3 rings (SSSR count). The lowest BCUT2D eigenvalue weighted by atomic mass is 10.1. The number of hydrogen-bond donors (Lipinski definition) is 1. The number of nitrogens with one attached hydrogen (secondary N) is 1. The Morgan fingerprint density at radius 3 is 2.54 bits per heavy atom. The van der Waals surface area contributed by atoms with Crippen LogP contribution in [0.1, 0.15) is 16.1 Å². The molecule has 0 spiro atoms. The average Bonchev–Trinajstić information content (AvgIpc) is 3.11. The number of halogens is 1. The number of nitrogens with zero attached hydrogens (tertiary/aromatic N) is 2. The molecule has 0 unspecified atom stereocenters. The first-order valence-corrected chi connectivity index (χ1v) is 8.26. The number of non-ortho nitro benzene ring substituents is 1. The second-order valence-corrected chi connectivity index (χ2v) is 6.04. The second-order valence-electron chi connectivity index (χ2n) is 5.18. The molecule has 26 heavy (non-hydrogen) atoms. The molecule has 0 aliphatic carbocycles. The van der Waals surface area contributed by atoms with Crippen LogP contribution >= 0.6 is 15.9 Å². The third kappa shape index (κ3) is 4.04. The van der Waals surface area contributed by atoms with Crippen molar-refractivity contribution in [3.05, 3.63) is 86.6 Å². The van der Waals surface area contributed by atoms with Crippen LogP contribution in [-0.4, -0.2) is 17.0 Å². The zero-order chi connectivity index (χ0) is 18.5. The summed E-state index contributed by atoms with van der Waals surface area (Å²) in [5.41, 5.74) is 3.60. The number of nitro benzene ring substituents is 1. The lowest BCUT2D eigenvalue weighted by Gasteiger charge is -2.01. The molecule has 1 amide bonds. The zero-order valence-corrected chi connectivity index (χ0v) is 14.8. The molecule has 0 aliphatic heterocycles. The van der Waals surface area contributed by atoms with E-state index in [-0.39, 0.29) is 11.6 Å². The van der Waals surface area contributed by atoms with E-state index in [4.69, 9.17) is 4.42 Å². The highest BCUT2D eigenvalue weighted by Gasteiger charge is 2.09. The number of nitro groups is 1. The molecule has 3 aromatic rings. The molecule has 0 bridgehead atoms. The van der Waals surface area contributed by atoms with Gasteiger partial charge in [0.05, 0.1) is 16.7 Å². The minimum absolute atomic E-state index is 0.0110. The minimum atomic E-state index is -0.461. The number of rotatable bonds is 5. The van der Waals surface area contributed by atoms with Crippen LogP contribution in [0, 0.1) is 10.1 Å². The van der Waals surface area contributed by atoms with Crippen molar-refractivity contribution in [2.45, 2.75) is 0 Å². The number of carbonyl (C=O) groups excluding carboxylic acids is 1. The van der Waals surface area contributed by atoms with Crippen molar-refractivity contribution < 1.29 is 14.1 Å². The van der Waals surface area contributed by atoms with Crippen LogP contribution < -0.4 is 5.43 Å². The predicted octanol–water partition coefficient (Wildman–Crippen LogP) is 4.38. The largest absolute Gasteiger partial charge is 0.455 e. The summed E-state index contributed by atoms with van der Waals surface area (Å²) in [6, 6.07) is 16.4. The van der Waals surface area contributed by atoms with Gasteiger partial charge < -0.3 is 4.42 Å². The third-order valence-corrected chi connectivity index (χ3v) is 4.16. The Bertz CT molecular complexity index is 980. The van der Waals surface area contributed by atoms with Crippen LogP contribution in [0.25, 0.3) is 11.3 Å². The Hall–Kier alpha value is -3.26. The Labute approximate surface area is 156 Å². The van der Waals surface area contributed by atoms with E-state index in [1.807, 2.05) is 6.07 Å². The number of carbonyl (C=O) groups is 1. The summed E-state index contributed by atoms with van der Waals surface area (Å²) >= 11 is 3.30. The van der Waals surface area contributed by atoms with Crippen molar-refractivity contribution in [3.63, 3.8) is 0 Å². The summed E-state index contributed by atoms with van der Waals surface area (Å²) in [4.78, 5) is 22.2. The highest BCUT2D eigenvalue weighted by atomic mass is 79.9. The average molecular weight is 414 g/mol. The highest BCUT2D eigenvalue weighted by molar-refractivity contribution is 9.10. The van der Waals surface area contributed by atoms with E-state index in [9.17, 15) is 14.9 Å². The smallest absolute Gasteiger partial charge is 0.272 e. The van der Waals surface area contributed by atoms with E-state index < -0.39 is 4.92 Å². The Morgan fingerprint density at radius 1 is 1.12 bits per heavy atom. The van der Waals surface area contributed by atoms with E-state index in [1.54, 1.807) is 42.5 Å². The van der Waals surface area contributed by atoms with Crippen molar-refractivity contribution in [2.75, 3.05) is 0 Å². The first kappa shape index (κ1) is 17.6. The number of hydrazone groups is 1. The van der Waals surface area contributed by atoms with Gasteiger partial charge in [0.2, 0.25) is 0 Å². The SMILES string of the molecule is O=C(NN=Cc1ccc(-c2ccc([N+](=O)[O-])cc2)o1)c1ccccc1Br. The molecule has 130 valence electrons. The fourth-order valence-electron chi connectivity index (χ4n) is 2.18. The topological polar surface area (TPSA) is 97.7 Å². The molecule has 1 N–H and O–H groups in total. The monoisotopic (exact) mass is 413 g/mol. The van der Waals surface area contributed by atoms with Crippen molar-refractivity contribution in [1.29, 1.82) is 0 Å². The lowest BCUT2D eigenvalue weighted by Crippen LogP contribution is -2.17. The standard InChI is InChI=1S/C18H12BrN3O4/c19-16-4-2-1-3-15(16)18(23)21-20-11-14-9-10-17(26-14)12-5-7-13(8-6-12)22(24)25/h1-11H,(H,21,23). The molecule has 8 heteroatoms. The molecule has 1 heterocycles. The fraction of sp³-hybridized carbons (Fsp3) is 0. The molecule has 7 nitrogen and oxygen atoms in total. The normalized spacial score (nSPS) is 10.8. The quantitative estimate of drug-likeness (QED) is 0.381. The van der Waals surface area contributed by atoms with Gasteiger partial charge in [-0.1, -0.05) is 12.1 Å². The van der Waals surface area contributed by atoms with Gasteiger partial charge in [0.15, 0.2) is 0 Å². The maximum absolute atomic E-state index is 12.0. The highest BCUT2D eigenvalue weighted by Crippen LogP contribution is 2.24. The third-order valence-electron chi connectivity index (χ3n) is 3.47. The van der Waals surface area contributed by atoms with E-state index in [2.05, 4.69) is 26.5 Å². The molecule has 0 saturated heterocycles. The summed E-state index contributed by atoms with van der Waals surface area (Å²) < 4.78 is 6.27. The molecule has 0 radical (unpaired) electrons. The molecule has 2 aromatic carbocycles. The van der Waals surface area contributed by atoms with E-state index in [0.29, 0.717) is 27.1 Å². The number of benzene rings is 2. The van der Waals surface area contributed by atoms with E-state index in [0.717, 1.165) is 0 Å². The zero-order valence-electron chi connectivity index (χ0n) is 13.3. The van der Waals surface area contributed by atoms with Crippen LogP contribution in [0.5, 0.6) is 0 Å². The van der Waals surface area contributed by atoms with Gasteiger partial charge in [-0.25, -0.2) is 5.43 Å². The number of furan rings is 1. The summed E-state index contributed by atoms with van der Waals surface area (Å²) in [6.45, 7) is 0. The maximum Gasteiger partial charge on any atom is 0.272 e. The predicted molar refractivity (Wildman–Crippen MR) is 100 cm³/mol. The minimum Gasteiger partial charge on any atom is -0.455 e. The summed E-state index contributed by atoms with van der Waals surface area (Å²) in [5.74, 6) is 0.625. The van der Waals surface area contributed by atoms with Crippen molar-refractivity contribution in [1.82, 2.24) is 5.43 Å². The van der Waals surface area contributed by atoms with Crippen LogP contribution in [-0.2, 0) is 0 Å². The van der Waals surface area contributed by atoms with Crippen molar-refractivity contribution in [2.24, 2.45) is 5.10 Å².